The molecule has 8 nitrogen and oxygen atoms in total. The molecule has 2 fully saturated rings. The number of ether oxygens (including phenoxy) is 1. The summed E-state index contributed by atoms with van der Waals surface area (Å²) in [7, 11) is 0. The van der Waals surface area contributed by atoms with Gasteiger partial charge in [0.1, 0.15) is 11.3 Å². The number of β-amino-alcohol motifs (C(OH)–C–C–N with tert-alkyl or cyclic N) is 1. The van der Waals surface area contributed by atoms with Gasteiger partial charge in [0.25, 0.3) is 5.91 Å². The minimum atomic E-state index is -1.07. The zero-order chi connectivity index (χ0) is 18.7. The minimum absolute atomic E-state index is 0.0953. The van der Waals surface area contributed by atoms with E-state index in [2.05, 4.69) is 14.9 Å². The van der Waals surface area contributed by atoms with Crippen LogP contribution in [0.5, 0.6) is 0 Å². The summed E-state index contributed by atoms with van der Waals surface area (Å²) in [6, 6.07) is 1.69. The van der Waals surface area contributed by atoms with Crippen LogP contribution in [0.25, 0.3) is 0 Å². The molecule has 0 aliphatic carbocycles. The number of nitrogens with two attached hydrogens (primary N) is 1. The third kappa shape index (κ3) is 4.49. The second-order valence-electron chi connectivity index (χ2n) is 7.68. The summed E-state index contributed by atoms with van der Waals surface area (Å²) in [6.07, 6.45) is 2.30. The van der Waals surface area contributed by atoms with E-state index in [4.69, 9.17) is 10.5 Å². The van der Waals surface area contributed by atoms with Gasteiger partial charge in [0.05, 0.1) is 19.8 Å². The van der Waals surface area contributed by atoms with Crippen LogP contribution in [0, 0.1) is 0 Å². The van der Waals surface area contributed by atoms with Crippen molar-refractivity contribution in [1.82, 2.24) is 19.8 Å². The molecule has 0 saturated carbocycles. The monoisotopic (exact) mass is 363 g/mol. The molecular weight excluding hydrogens is 334 g/mol. The molecule has 1 atom stereocenters. The number of nitrogen functional groups attached to an aromatic ring is 1. The predicted octanol–water partition coefficient (Wildman–Crippen LogP) is 0.482. The predicted molar refractivity (Wildman–Crippen MR) is 97.9 cm³/mol. The molecule has 26 heavy (non-hydrogen) atoms. The molecule has 3 N–H and O–H groups in total. The first kappa shape index (κ1) is 19.0. The van der Waals surface area contributed by atoms with Crippen LogP contribution in [0.15, 0.2) is 6.07 Å². The third-order valence-electron chi connectivity index (χ3n) is 4.94. The SMILES string of the molecule is CC(C)c1cc(C(=O)N2CCOCC(O)(CN3CCCC3)C2)nc(N)n1. The molecule has 0 spiro atoms. The van der Waals surface area contributed by atoms with Gasteiger partial charge < -0.3 is 25.4 Å². The van der Waals surface area contributed by atoms with Crippen LogP contribution in [0.4, 0.5) is 5.95 Å². The molecule has 1 aromatic heterocycles. The summed E-state index contributed by atoms with van der Waals surface area (Å²) < 4.78 is 5.59. The van der Waals surface area contributed by atoms with Crippen molar-refractivity contribution in [3.05, 3.63) is 17.5 Å². The van der Waals surface area contributed by atoms with Gasteiger partial charge in [-0.3, -0.25) is 4.79 Å². The average Bonchev–Trinajstić information content (AvgIpc) is 3.01. The maximum Gasteiger partial charge on any atom is 0.272 e. The lowest BCUT2D eigenvalue weighted by Gasteiger charge is -2.33. The number of aromatic nitrogens is 2. The molecule has 1 aromatic rings. The van der Waals surface area contributed by atoms with Gasteiger partial charge in [0.15, 0.2) is 0 Å². The highest BCUT2D eigenvalue weighted by Gasteiger charge is 2.37. The van der Waals surface area contributed by atoms with Crippen LogP contribution in [0.3, 0.4) is 0 Å². The van der Waals surface area contributed by atoms with Gasteiger partial charge in [-0.25, -0.2) is 9.97 Å². The van der Waals surface area contributed by atoms with Gasteiger partial charge in [-0.1, -0.05) is 13.8 Å². The van der Waals surface area contributed by atoms with Crippen LogP contribution >= 0.6 is 0 Å². The van der Waals surface area contributed by atoms with Gasteiger partial charge >= 0.3 is 0 Å². The lowest BCUT2D eigenvalue weighted by Crippen LogP contribution is -2.53. The van der Waals surface area contributed by atoms with Crippen molar-refractivity contribution >= 4 is 11.9 Å². The molecule has 0 aromatic carbocycles. The standard InChI is InChI=1S/C18H29N5O3/c1-13(2)14-9-15(21-17(19)20-14)16(24)23-7-8-26-12-18(25,11-23)10-22-5-3-4-6-22/h9,13,25H,3-8,10-12H2,1-2H3,(H2,19,20,21). The zero-order valence-electron chi connectivity index (χ0n) is 15.6. The van der Waals surface area contributed by atoms with Gasteiger partial charge in [-0.2, -0.15) is 0 Å². The van der Waals surface area contributed by atoms with Gasteiger partial charge in [-0.15, -0.1) is 0 Å². The lowest BCUT2D eigenvalue weighted by molar-refractivity contribution is -0.0524. The van der Waals surface area contributed by atoms with E-state index in [-0.39, 0.29) is 36.6 Å². The Kier molecular flexibility index (Phi) is 5.74. The van der Waals surface area contributed by atoms with E-state index in [1.807, 2.05) is 13.8 Å². The molecule has 0 radical (unpaired) electrons. The number of rotatable bonds is 4. The van der Waals surface area contributed by atoms with Crippen LogP contribution in [0.1, 0.15) is 48.8 Å². The first-order chi connectivity index (χ1) is 12.4. The molecule has 8 heteroatoms. The van der Waals surface area contributed by atoms with E-state index >= 15 is 0 Å². The fourth-order valence-corrected chi connectivity index (χ4v) is 3.60. The fourth-order valence-electron chi connectivity index (χ4n) is 3.60. The van der Waals surface area contributed by atoms with Crippen molar-refractivity contribution in [3.8, 4) is 0 Å². The Morgan fingerprint density at radius 3 is 2.77 bits per heavy atom. The highest BCUT2D eigenvalue weighted by molar-refractivity contribution is 5.92. The van der Waals surface area contributed by atoms with E-state index < -0.39 is 5.60 Å². The van der Waals surface area contributed by atoms with Crippen molar-refractivity contribution in [1.29, 1.82) is 0 Å². The lowest BCUT2D eigenvalue weighted by atomic mass is 10.0. The summed E-state index contributed by atoms with van der Waals surface area (Å²) in [5, 5.41) is 11.1. The summed E-state index contributed by atoms with van der Waals surface area (Å²) in [4.78, 5) is 25.2. The number of carbonyl (C=O) groups excluding carboxylic acids is 1. The molecule has 2 aliphatic rings. The molecule has 1 unspecified atom stereocenters. The normalized spacial score (nSPS) is 24.8. The molecular formula is C18H29N5O3. The van der Waals surface area contributed by atoms with E-state index in [0.717, 1.165) is 31.6 Å². The van der Waals surface area contributed by atoms with Crippen LogP contribution in [-0.2, 0) is 4.74 Å². The molecule has 2 aliphatic heterocycles. The van der Waals surface area contributed by atoms with Crippen molar-refractivity contribution in [2.24, 2.45) is 0 Å². The first-order valence-corrected chi connectivity index (χ1v) is 9.32. The maximum atomic E-state index is 13.0. The Labute approximate surface area is 154 Å². The second kappa shape index (κ2) is 7.85. The first-order valence-electron chi connectivity index (χ1n) is 9.32. The third-order valence-corrected chi connectivity index (χ3v) is 4.94. The number of hydrogen-bond donors (Lipinski definition) is 2. The Balaban J connectivity index is 1.77. The van der Waals surface area contributed by atoms with Gasteiger partial charge in [0, 0.05) is 18.8 Å². The second-order valence-corrected chi connectivity index (χ2v) is 7.68. The summed E-state index contributed by atoms with van der Waals surface area (Å²) in [5.41, 5.74) is 5.72. The Morgan fingerprint density at radius 1 is 1.35 bits per heavy atom. The number of anilines is 1. The summed E-state index contributed by atoms with van der Waals surface area (Å²) in [6.45, 7) is 7.73. The van der Waals surface area contributed by atoms with Crippen molar-refractivity contribution in [3.63, 3.8) is 0 Å². The zero-order valence-corrected chi connectivity index (χ0v) is 15.6. The molecule has 0 bridgehead atoms. The summed E-state index contributed by atoms with van der Waals surface area (Å²) >= 11 is 0. The van der Waals surface area contributed by atoms with Crippen LogP contribution < -0.4 is 5.73 Å². The number of carbonyl (C=O) groups is 1. The fraction of sp³-hybridized carbons (Fsp3) is 0.722. The molecule has 3 rings (SSSR count). The number of amides is 1. The number of aliphatic hydroxyl groups is 1. The molecule has 2 saturated heterocycles. The Bertz CT molecular complexity index is 648. The smallest absolute Gasteiger partial charge is 0.272 e. The maximum absolute atomic E-state index is 13.0. The van der Waals surface area contributed by atoms with Crippen LogP contribution in [-0.4, -0.2) is 82.3 Å². The van der Waals surface area contributed by atoms with E-state index in [1.165, 1.54) is 0 Å². The summed E-state index contributed by atoms with van der Waals surface area (Å²) in [5.74, 6) is -0.00397. The Morgan fingerprint density at radius 2 is 2.08 bits per heavy atom. The molecule has 3 heterocycles. The number of nitrogens with zero attached hydrogens (tertiary/aromatic N) is 4. The molecule has 144 valence electrons. The Hall–Kier alpha value is -1.77. The largest absolute Gasteiger partial charge is 0.384 e. The molecule has 1 amide bonds. The van der Waals surface area contributed by atoms with Crippen LogP contribution in [0.2, 0.25) is 0 Å². The number of likely N-dealkylation sites (tertiary alicyclic amines) is 1. The van der Waals surface area contributed by atoms with E-state index in [0.29, 0.717) is 19.7 Å². The van der Waals surface area contributed by atoms with E-state index in [1.54, 1.807) is 11.0 Å². The van der Waals surface area contributed by atoms with E-state index in [9.17, 15) is 9.90 Å². The highest BCUT2D eigenvalue weighted by atomic mass is 16.5. The van der Waals surface area contributed by atoms with Gasteiger partial charge in [-0.05, 0) is 37.9 Å². The van der Waals surface area contributed by atoms with Crippen molar-refractivity contribution < 1.29 is 14.6 Å². The highest BCUT2D eigenvalue weighted by Crippen LogP contribution is 2.20. The van der Waals surface area contributed by atoms with Crippen molar-refractivity contribution in [2.75, 3.05) is 51.7 Å². The van der Waals surface area contributed by atoms with Crippen molar-refractivity contribution in [2.45, 2.75) is 38.2 Å². The average molecular weight is 363 g/mol. The quantitative estimate of drug-likeness (QED) is 0.802. The minimum Gasteiger partial charge on any atom is -0.384 e. The van der Waals surface area contributed by atoms with Gasteiger partial charge in [0.2, 0.25) is 5.95 Å². The topological polar surface area (TPSA) is 105 Å². The number of hydrogen-bond acceptors (Lipinski definition) is 7.